The summed E-state index contributed by atoms with van der Waals surface area (Å²) in [5, 5.41) is 11.5. The number of ether oxygens (including phenoxy) is 4. The van der Waals surface area contributed by atoms with E-state index >= 15 is 0 Å². The van der Waals surface area contributed by atoms with Crippen LogP contribution in [0.1, 0.15) is 30.2 Å². The van der Waals surface area contributed by atoms with Crippen LogP contribution in [0.25, 0.3) is 11.5 Å². The van der Waals surface area contributed by atoms with Gasteiger partial charge in [-0.15, -0.1) is 10.2 Å². The molecule has 0 saturated carbocycles. The summed E-state index contributed by atoms with van der Waals surface area (Å²) in [7, 11) is 3.18. The Morgan fingerprint density at radius 1 is 1.09 bits per heavy atom. The minimum absolute atomic E-state index is 0.0177. The van der Waals surface area contributed by atoms with Crippen LogP contribution >= 0.6 is 0 Å². The Balaban J connectivity index is 1.21. The number of nitrogens with zero attached hydrogens (tertiary/aromatic N) is 3. The molecule has 3 heterocycles. The third-order valence-corrected chi connectivity index (χ3v) is 6.01. The molecule has 34 heavy (non-hydrogen) atoms. The van der Waals surface area contributed by atoms with Gasteiger partial charge in [0.2, 0.25) is 18.6 Å². The molecule has 2 aromatic carbocycles. The van der Waals surface area contributed by atoms with Crippen LogP contribution in [0.3, 0.4) is 0 Å². The lowest BCUT2D eigenvalue weighted by Gasteiger charge is -2.31. The van der Waals surface area contributed by atoms with Gasteiger partial charge < -0.3 is 33.6 Å². The molecule has 1 saturated heterocycles. The van der Waals surface area contributed by atoms with Crippen molar-refractivity contribution in [3.63, 3.8) is 0 Å². The van der Waals surface area contributed by atoms with Gasteiger partial charge in [0, 0.05) is 25.2 Å². The fraction of sp³-hybridized carbons (Fsp3) is 0.375. The molecule has 0 spiro atoms. The van der Waals surface area contributed by atoms with Crippen LogP contribution < -0.4 is 24.3 Å². The number of carbonyl (C=O) groups excluding carboxylic acids is 1. The predicted molar refractivity (Wildman–Crippen MR) is 121 cm³/mol. The van der Waals surface area contributed by atoms with Gasteiger partial charge >= 0.3 is 6.03 Å². The minimum Gasteiger partial charge on any atom is -0.493 e. The van der Waals surface area contributed by atoms with E-state index in [-0.39, 0.29) is 18.7 Å². The molecule has 178 valence electrons. The highest BCUT2D eigenvalue weighted by Crippen LogP contribution is 2.36. The molecule has 5 rings (SSSR count). The molecule has 10 heteroatoms. The number of piperidine rings is 1. The van der Waals surface area contributed by atoms with Crippen LogP contribution in [0.15, 0.2) is 40.8 Å². The molecule has 3 aromatic rings. The van der Waals surface area contributed by atoms with Crippen LogP contribution in [0, 0.1) is 0 Å². The Kier molecular flexibility index (Phi) is 6.11. The van der Waals surface area contributed by atoms with Gasteiger partial charge in [-0.1, -0.05) is 6.07 Å². The van der Waals surface area contributed by atoms with E-state index in [4.69, 9.17) is 23.4 Å². The highest BCUT2D eigenvalue weighted by atomic mass is 16.7. The fourth-order valence-electron chi connectivity index (χ4n) is 4.19. The summed E-state index contributed by atoms with van der Waals surface area (Å²) >= 11 is 0. The zero-order valence-corrected chi connectivity index (χ0v) is 19.1. The monoisotopic (exact) mass is 466 g/mol. The minimum atomic E-state index is -0.130. The number of methoxy groups -OCH3 is 2. The second-order valence-corrected chi connectivity index (χ2v) is 8.15. The fourth-order valence-corrected chi connectivity index (χ4v) is 4.19. The first-order valence-corrected chi connectivity index (χ1v) is 11.1. The van der Waals surface area contributed by atoms with E-state index in [0.29, 0.717) is 54.4 Å². The Labute approximate surface area is 196 Å². The van der Waals surface area contributed by atoms with Gasteiger partial charge in [-0.25, -0.2) is 4.79 Å². The van der Waals surface area contributed by atoms with Crippen molar-refractivity contribution in [3.8, 4) is 34.5 Å². The summed E-state index contributed by atoms with van der Waals surface area (Å²) in [5.74, 6) is 3.57. The Morgan fingerprint density at radius 2 is 1.94 bits per heavy atom. The van der Waals surface area contributed by atoms with Crippen LogP contribution in [0.2, 0.25) is 0 Å². The second-order valence-electron chi connectivity index (χ2n) is 8.15. The van der Waals surface area contributed by atoms with Crippen LogP contribution in [0.5, 0.6) is 23.0 Å². The maximum atomic E-state index is 12.8. The second kappa shape index (κ2) is 9.50. The van der Waals surface area contributed by atoms with Crippen molar-refractivity contribution < 1.29 is 28.2 Å². The predicted octanol–water partition coefficient (Wildman–Crippen LogP) is 3.57. The number of rotatable bonds is 6. The number of hydrogen-bond donors (Lipinski definition) is 1. The molecule has 2 amide bonds. The van der Waals surface area contributed by atoms with Gasteiger partial charge in [0.25, 0.3) is 0 Å². The third kappa shape index (κ3) is 4.43. The van der Waals surface area contributed by atoms with Crippen LogP contribution in [0.4, 0.5) is 4.79 Å². The molecule has 1 unspecified atom stereocenters. The van der Waals surface area contributed by atoms with Crippen molar-refractivity contribution in [2.75, 3.05) is 34.1 Å². The lowest BCUT2D eigenvalue weighted by Crippen LogP contribution is -2.44. The van der Waals surface area contributed by atoms with Crippen LogP contribution in [-0.4, -0.2) is 55.2 Å². The van der Waals surface area contributed by atoms with E-state index in [1.165, 1.54) is 0 Å². The molecule has 0 radical (unpaired) electrons. The lowest BCUT2D eigenvalue weighted by atomic mass is 9.98. The van der Waals surface area contributed by atoms with Crippen molar-refractivity contribution in [1.29, 1.82) is 0 Å². The third-order valence-electron chi connectivity index (χ3n) is 6.01. The summed E-state index contributed by atoms with van der Waals surface area (Å²) in [6.45, 7) is 1.78. The quantitative estimate of drug-likeness (QED) is 0.587. The van der Waals surface area contributed by atoms with E-state index in [2.05, 4.69) is 15.5 Å². The first-order chi connectivity index (χ1) is 16.6. The average molecular weight is 466 g/mol. The van der Waals surface area contributed by atoms with Gasteiger partial charge in [0.15, 0.2) is 23.0 Å². The van der Waals surface area contributed by atoms with Gasteiger partial charge in [-0.2, -0.15) is 0 Å². The molecule has 0 aliphatic carbocycles. The summed E-state index contributed by atoms with van der Waals surface area (Å²) in [6.07, 6.45) is 1.73. The van der Waals surface area contributed by atoms with E-state index in [1.54, 1.807) is 19.1 Å². The zero-order valence-electron chi connectivity index (χ0n) is 19.1. The van der Waals surface area contributed by atoms with Gasteiger partial charge in [0.05, 0.1) is 20.1 Å². The zero-order chi connectivity index (χ0) is 23.5. The van der Waals surface area contributed by atoms with E-state index in [1.807, 2.05) is 36.4 Å². The summed E-state index contributed by atoms with van der Waals surface area (Å²) in [5.41, 5.74) is 1.69. The molecular formula is C24H26N4O6. The molecule has 1 N–H and O–H groups in total. The number of benzene rings is 2. The maximum Gasteiger partial charge on any atom is 0.317 e. The van der Waals surface area contributed by atoms with E-state index in [9.17, 15) is 4.79 Å². The molecule has 2 aliphatic heterocycles. The first kappa shape index (κ1) is 21.9. The first-order valence-electron chi connectivity index (χ1n) is 11.1. The normalized spacial score (nSPS) is 16.9. The molecule has 10 nitrogen and oxygen atoms in total. The van der Waals surface area contributed by atoms with Crippen LogP contribution in [-0.2, 0) is 6.54 Å². The van der Waals surface area contributed by atoms with E-state index < -0.39 is 0 Å². The topological polar surface area (TPSA) is 108 Å². The SMILES string of the molecule is COc1ccc(CNC(=O)N2CCCC(c3nnc(-c4ccc5c(c4)OCO5)o3)C2)cc1OC. The standard InChI is InChI=1S/C24H26N4O6/c1-30-18-7-5-15(10-20(18)31-2)12-25-24(29)28-9-3-4-17(13-28)23-27-26-22(34-23)16-6-8-19-21(11-16)33-14-32-19/h5-8,10-11,17H,3-4,9,12-14H2,1-2H3,(H,25,29). The molecule has 1 atom stereocenters. The van der Waals surface area contributed by atoms with Crippen molar-refractivity contribution in [2.45, 2.75) is 25.3 Å². The number of urea groups is 1. The maximum absolute atomic E-state index is 12.8. The summed E-state index contributed by atoms with van der Waals surface area (Å²) < 4.78 is 27.3. The number of hydrogen-bond acceptors (Lipinski definition) is 8. The highest BCUT2D eigenvalue weighted by Gasteiger charge is 2.29. The van der Waals surface area contributed by atoms with Gasteiger partial charge in [-0.05, 0) is 48.7 Å². The van der Waals surface area contributed by atoms with E-state index in [0.717, 1.165) is 24.0 Å². The molecule has 0 bridgehead atoms. The number of aromatic nitrogens is 2. The van der Waals surface area contributed by atoms with Crippen molar-refractivity contribution >= 4 is 6.03 Å². The Morgan fingerprint density at radius 3 is 2.79 bits per heavy atom. The van der Waals surface area contributed by atoms with Crippen molar-refractivity contribution in [2.24, 2.45) is 0 Å². The van der Waals surface area contributed by atoms with Crippen molar-refractivity contribution in [1.82, 2.24) is 20.4 Å². The smallest absolute Gasteiger partial charge is 0.317 e. The number of fused-ring (bicyclic) bond motifs is 1. The number of likely N-dealkylation sites (tertiary alicyclic amines) is 1. The lowest BCUT2D eigenvalue weighted by molar-refractivity contribution is 0.173. The van der Waals surface area contributed by atoms with Gasteiger partial charge in [0.1, 0.15) is 0 Å². The number of carbonyl (C=O) groups is 1. The molecule has 1 fully saturated rings. The molecular weight excluding hydrogens is 440 g/mol. The summed E-state index contributed by atoms with van der Waals surface area (Å²) in [6, 6.07) is 11.0. The number of amides is 2. The molecule has 1 aromatic heterocycles. The Hall–Kier alpha value is -3.95. The van der Waals surface area contributed by atoms with Crippen molar-refractivity contribution in [3.05, 3.63) is 47.9 Å². The Bertz CT molecular complexity index is 1180. The molecule has 2 aliphatic rings. The largest absolute Gasteiger partial charge is 0.493 e. The summed E-state index contributed by atoms with van der Waals surface area (Å²) in [4.78, 5) is 14.6. The average Bonchev–Trinajstić information content (AvgIpc) is 3.56. The van der Waals surface area contributed by atoms with Gasteiger partial charge in [-0.3, -0.25) is 0 Å². The number of nitrogens with one attached hydrogen (secondary N) is 1. The highest BCUT2D eigenvalue weighted by molar-refractivity contribution is 5.74.